The van der Waals surface area contributed by atoms with Crippen molar-refractivity contribution in [1.29, 1.82) is 0 Å². The van der Waals surface area contributed by atoms with Gasteiger partial charge in [0.15, 0.2) is 0 Å². The number of carboxylic acids is 1. The molecular formula is C25H28Cl3F3N4O5S. The van der Waals surface area contributed by atoms with E-state index in [1.807, 2.05) is 24.3 Å². The van der Waals surface area contributed by atoms with Gasteiger partial charge in [-0.15, -0.1) is 0 Å². The summed E-state index contributed by atoms with van der Waals surface area (Å²) < 4.78 is 58.6. The molecule has 1 amide bonds. The number of aliphatic carboxylic acids is 1. The maximum Gasteiger partial charge on any atom is 0.490 e. The first-order valence-corrected chi connectivity index (χ1v) is 14.6. The van der Waals surface area contributed by atoms with Crippen LogP contribution in [0.4, 0.5) is 13.2 Å². The van der Waals surface area contributed by atoms with Crippen LogP contribution in [0, 0.1) is 0 Å². The van der Waals surface area contributed by atoms with Crippen molar-refractivity contribution in [1.82, 2.24) is 14.5 Å². The maximum atomic E-state index is 12.8. The van der Waals surface area contributed by atoms with E-state index < -0.39 is 22.2 Å². The molecular weight excluding hydrogens is 632 g/mol. The summed E-state index contributed by atoms with van der Waals surface area (Å²) in [6.07, 6.45) is -3.75. The average Bonchev–Trinajstić information content (AvgIpc) is 3.44. The van der Waals surface area contributed by atoms with E-state index in [0.717, 1.165) is 40.8 Å². The van der Waals surface area contributed by atoms with Gasteiger partial charge < -0.3 is 15.3 Å². The highest BCUT2D eigenvalue weighted by atomic mass is 35.5. The number of nitrogens with zero attached hydrogens (tertiary/aromatic N) is 3. The largest absolute Gasteiger partial charge is 0.490 e. The van der Waals surface area contributed by atoms with Gasteiger partial charge in [-0.1, -0.05) is 59.1 Å². The smallest absolute Gasteiger partial charge is 0.475 e. The van der Waals surface area contributed by atoms with Crippen LogP contribution in [0.5, 0.6) is 0 Å². The Hall–Kier alpha value is -2.58. The van der Waals surface area contributed by atoms with Crippen LogP contribution in [0.15, 0.2) is 46.3 Å². The quantitative estimate of drug-likeness (QED) is 0.356. The van der Waals surface area contributed by atoms with E-state index in [1.165, 1.54) is 19.2 Å². The molecule has 9 nitrogen and oxygen atoms in total. The molecule has 16 heteroatoms. The van der Waals surface area contributed by atoms with Crippen LogP contribution in [0.25, 0.3) is 0 Å². The van der Waals surface area contributed by atoms with Gasteiger partial charge >= 0.3 is 12.1 Å². The summed E-state index contributed by atoms with van der Waals surface area (Å²) in [5, 5.41) is 10.7. The highest BCUT2D eigenvalue weighted by molar-refractivity contribution is 7.89. The van der Waals surface area contributed by atoms with Crippen molar-refractivity contribution in [3.05, 3.63) is 62.6 Å². The van der Waals surface area contributed by atoms with Crippen LogP contribution in [0.2, 0.25) is 15.1 Å². The van der Waals surface area contributed by atoms with Crippen molar-refractivity contribution in [2.24, 2.45) is 4.99 Å². The molecule has 2 aromatic carbocycles. The number of amidine groups is 1. The second-order valence-corrected chi connectivity index (χ2v) is 12.1. The molecule has 0 aromatic heterocycles. The zero-order valence-corrected chi connectivity index (χ0v) is 25.1. The molecule has 2 aromatic rings. The summed E-state index contributed by atoms with van der Waals surface area (Å²) in [7, 11) is -0.666. The molecule has 0 aliphatic carbocycles. The summed E-state index contributed by atoms with van der Waals surface area (Å²) >= 11 is 17.9. The molecule has 0 fully saturated rings. The lowest BCUT2D eigenvalue weighted by molar-refractivity contribution is -0.192. The Kier molecular flexibility index (Phi) is 12.7. The van der Waals surface area contributed by atoms with E-state index in [1.54, 1.807) is 11.9 Å². The molecule has 0 saturated heterocycles. The van der Waals surface area contributed by atoms with Gasteiger partial charge in [0, 0.05) is 45.7 Å². The Morgan fingerprint density at radius 2 is 1.61 bits per heavy atom. The molecule has 0 spiro atoms. The number of aliphatic imine (C=N–C) groups is 1. The standard InChI is InChI=1S/C23H27Cl3N4O3S.C2HF3O2/c1-29(13-9-16-5-7-17(8-6-16)23-27-10-11-28-23)22(31)4-3-12-30(2)34(32,33)21-15-19(25)18(24)14-20(21)26;3-2(4,5)1(6)7/h5-8,14-15H,3-4,9-13H2,1-2H3,(H,27,28);(H,6,7). The SMILES string of the molecule is CN(CCc1ccc(C2=NCCN2)cc1)C(=O)CCCN(C)S(=O)(=O)c1cc(Cl)c(Cl)cc1Cl.O=C(O)C(F)(F)F. The first-order chi connectivity index (χ1) is 19.0. The van der Waals surface area contributed by atoms with Crippen molar-refractivity contribution in [3.63, 3.8) is 0 Å². The zero-order chi connectivity index (χ0) is 31.0. The number of hydrogen-bond donors (Lipinski definition) is 2. The zero-order valence-electron chi connectivity index (χ0n) is 22.0. The van der Waals surface area contributed by atoms with Gasteiger partial charge in [0.1, 0.15) is 10.7 Å². The Morgan fingerprint density at radius 3 is 2.15 bits per heavy atom. The minimum atomic E-state index is -5.08. The topological polar surface area (TPSA) is 119 Å². The van der Waals surface area contributed by atoms with Gasteiger partial charge in [0.2, 0.25) is 15.9 Å². The fourth-order valence-corrected chi connectivity index (χ4v) is 5.66. The highest BCUT2D eigenvalue weighted by Crippen LogP contribution is 2.33. The molecule has 1 heterocycles. The van der Waals surface area contributed by atoms with E-state index in [9.17, 15) is 26.4 Å². The molecule has 0 unspecified atom stereocenters. The minimum Gasteiger partial charge on any atom is -0.475 e. The van der Waals surface area contributed by atoms with Gasteiger partial charge in [0.05, 0.1) is 21.6 Å². The molecule has 0 bridgehead atoms. The number of nitrogens with one attached hydrogen (secondary N) is 1. The van der Waals surface area contributed by atoms with Crippen molar-refractivity contribution in [3.8, 4) is 0 Å². The second kappa shape index (κ2) is 15.1. The third kappa shape index (κ3) is 10.3. The summed E-state index contributed by atoms with van der Waals surface area (Å²) in [5.74, 6) is -1.88. The number of carboxylic acid groups (broad SMARTS) is 1. The monoisotopic (exact) mass is 658 g/mol. The van der Waals surface area contributed by atoms with Crippen LogP contribution in [0.1, 0.15) is 24.0 Å². The van der Waals surface area contributed by atoms with Gasteiger partial charge in [-0.2, -0.15) is 13.2 Å². The predicted molar refractivity (Wildman–Crippen MR) is 151 cm³/mol. The van der Waals surface area contributed by atoms with E-state index in [2.05, 4.69) is 10.3 Å². The number of hydrogen-bond acceptors (Lipinski definition) is 6. The average molecular weight is 660 g/mol. The fourth-order valence-electron chi connectivity index (χ4n) is 3.48. The number of halogens is 6. The number of carbonyl (C=O) groups is 2. The number of sulfonamides is 1. The first kappa shape index (κ1) is 34.6. The normalized spacial score (nSPS) is 13.2. The van der Waals surface area contributed by atoms with Crippen molar-refractivity contribution < 1.29 is 36.3 Å². The van der Waals surface area contributed by atoms with Crippen molar-refractivity contribution in [2.45, 2.75) is 30.3 Å². The Morgan fingerprint density at radius 1 is 1.02 bits per heavy atom. The third-order valence-corrected chi connectivity index (χ3v) is 8.88. The summed E-state index contributed by atoms with van der Waals surface area (Å²) in [5.41, 5.74) is 2.19. The summed E-state index contributed by atoms with van der Waals surface area (Å²) in [4.78, 5) is 27.4. The number of likely N-dealkylation sites (N-methyl/N-ethyl adjacent to an activating group) is 1. The first-order valence-electron chi connectivity index (χ1n) is 12.1. The molecule has 226 valence electrons. The molecule has 0 radical (unpaired) electrons. The molecule has 1 aliphatic rings. The van der Waals surface area contributed by atoms with Crippen LogP contribution in [-0.2, 0) is 26.0 Å². The van der Waals surface area contributed by atoms with Gasteiger partial charge in [-0.25, -0.2) is 17.5 Å². The Balaban J connectivity index is 0.000000745. The maximum absolute atomic E-state index is 12.8. The number of benzene rings is 2. The molecule has 0 saturated carbocycles. The van der Waals surface area contributed by atoms with Crippen LogP contribution >= 0.6 is 34.8 Å². The molecule has 0 atom stereocenters. The van der Waals surface area contributed by atoms with E-state index in [-0.39, 0.29) is 38.8 Å². The minimum absolute atomic E-state index is 0.00224. The van der Waals surface area contributed by atoms with E-state index in [0.29, 0.717) is 13.0 Å². The molecule has 41 heavy (non-hydrogen) atoms. The third-order valence-electron chi connectivity index (χ3n) is 5.83. The second-order valence-electron chi connectivity index (χ2n) is 8.85. The summed E-state index contributed by atoms with van der Waals surface area (Å²) in [6, 6.07) is 10.7. The summed E-state index contributed by atoms with van der Waals surface area (Å²) in [6.45, 7) is 2.41. The lowest BCUT2D eigenvalue weighted by Crippen LogP contribution is -2.31. The molecule has 1 aliphatic heterocycles. The van der Waals surface area contributed by atoms with E-state index in [4.69, 9.17) is 44.7 Å². The molecule has 3 rings (SSSR count). The number of alkyl halides is 3. The Labute approximate surface area is 250 Å². The lowest BCUT2D eigenvalue weighted by Gasteiger charge is -2.20. The fraction of sp³-hybridized carbons (Fsp3) is 0.400. The van der Waals surface area contributed by atoms with E-state index >= 15 is 0 Å². The molecule has 2 N–H and O–H groups in total. The number of carbonyl (C=O) groups excluding carboxylic acids is 1. The lowest BCUT2D eigenvalue weighted by atomic mass is 10.1. The number of rotatable bonds is 10. The Bertz CT molecular complexity index is 1370. The van der Waals surface area contributed by atoms with Crippen LogP contribution in [0.3, 0.4) is 0 Å². The van der Waals surface area contributed by atoms with Crippen LogP contribution < -0.4 is 5.32 Å². The van der Waals surface area contributed by atoms with Crippen LogP contribution in [-0.4, -0.2) is 86.9 Å². The van der Waals surface area contributed by atoms with Gasteiger partial charge in [-0.3, -0.25) is 9.79 Å². The highest BCUT2D eigenvalue weighted by Gasteiger charge is 2.38. The predicted octanol–water partition coefficient (Wildman–Crippen LogP) is 4.73. The van der Waals surface area contributed by atoms with Crippen molar-refractivity contribution in [2.75, 3.05) is 40.3 Å². The van der Waals surface area contributed by atoms with Crippen molar-refractivity contribution >= 4 is 62.5 Å². The van der Waals surface area contributed by atoms with Gasteiger partial charge in [0.25, 0.3) is 0 Å². The number of amides is 1. The van der Waals surface area contributed by atoms with Gasteiger partial charge in [-0.05, 0) is 30.5 Å².